The van der Waals surface area contributed by atoms with Crippen LogP contribution in [-0.2, 0) is 16.0 Å². The van der Waals surface area contributed by atoms with E-state index in [2.05, 4.69) is 26.8 Å². The number of rotatable bonds is 3. The topological polar surface area (TPSA) is 71.1 Å². The minimum absolute atomic E-state index is 0.0786. The van der Waals surface area contributed by atoms with Crippen LogP contribution in [0.15, 0.2) is 12.5 Å². The van der Waals surface area contributed by atoms with E-state index in [4.69, 9.17) is 4.74 Å². The van der Waals surface area contributed by atoms with Gasteiger partial charge in [-0.05, 0) is 24.3 Å². The Morgan fingerprint density at radius 2 is 2.43 bits per heavy atom. The first-order valence-electron chi connectivity index (χ1n) is 7.34. The van der Waals surface area contributed by atoms with Crippen molar-refractivity contribution in [1.82, 2.24) is 15.0 Å². The number of methoxy groups -OCH3 is 1. The normalized spacial score (nSPS) is 27.0. The molecule has 1 aliphatic heterocycles. The van der Waals surface area contributed by atoms with E-state index in [9.17, 15) is 4.79 Å². The standard InChI is InChI=1S/C15H18N4O2/c1-3-9-5-16-12-11(9)13(18-8-17-12)19-6-10-4-15(10,7-19)14(20)21-2/h5,8,10H,3-4,6-7H2,1-2H3,(H,16,17,18). The van der Waals surface area contributed by atoms with Crippen LogP contribution in [0.1, 0.15) is 18.9 Å². The number of esters is 1. The summed E-state index contributed by atoms with van der Waals surface area (Å²) in [6, 6.07) is 0. The molecule has 2 aliphatic rings. The zero-order valence-corrected chi connectivity index (χ0v) is 12.2. The summed E-state index contributed by atoms with van der Waals surface area (Å²) in [5, 5.41) is 1.08. The Kier molecular flexibility index (Phi) is 2.52. The first-order valence-corrected chi connectivity index (χ1v) is 7.34. The van der Waals surface area contributed by atoms with Crippen LogP contribution in [0.4, 0.5) is 5.82 Å². The summed E-state index contributed by atoms with van der Waals surface area (Å²) < 4.78 is 4.98. The number of hydrogen-bond donors (Lipinski definition) is 1. The van der Waals surface area contributed by atoms with E-state index in [0.29, 0.717) is 12.5 Å². The van der Waals surface area contributed by atoms with E-state index >= 15 is 0 Å². The molecule has 2 aromatic heterocycles. The highest BCUT2D eigenvalue weighted by atomic mass is 16.5. The van der Waals surface area contributed by atoms with Crippen molar-refractivity contribution in [3.8, 4) is 0 Å². The number of H-pyrrole nitrogens is 1. The Balaban J connectivity index is 1.73. The van der Waals surface area contributed by atoms with Crippen LogP contribution in [0.25, 0.3) is 11.0 Å². The van der Waals surface area contributed by atoms with Crippen molar-refractivity contribution in [3.63, 3.8) is 0 Å². The van der Waals surface area contributed by atoms with Crippen molar-refractivity contribution in [2.45, 2.75) is 19.8 Å². The molecule has 2 unspecified atom stereocenters. The molecule has 2 aromatic rings. The van der Waals surface area contributed by atoms with E-state index in [0.717, 1.165) is 36.2 Å². The average Bonchev–Trinajstić information content (AvgIpc) is 2.89. The quantitative estimate of drug-likeness (QED) is 0.866. The second-order valence-corrected chi connectivity index (χ2v) is 6.02. The predicted molar refractivity (Wildman–Crippen MR) is 78.0 cm³/mol. The molecule has 0 bridgehead atoms. The predicted octanol–water partition coefficient (Wildman–Crippen LogP) is 1.52. The molecule has 2 fully saturated rings. The molecule has 1 saturated heterocycles. The van der Waals surface area contributed by atoms with Crippen LogP contribution < -0.4 is 4.90 Å². The maximum atomic E-state index is 12.0. The maximum absolute atomic E-state index is 12.0. The fraction of sp³-hybridized carbons (Fsp3) is 0.533. The van der Waals surface area contributed by atoms with Gasteiger partial charge in [-0.25, -0.2) is 9.97 Å². The van der Waals surface area contributed by atoms with E-state index in [1.54, 1.807) is 6.33 Å². The first kappa shape index (κ1) is 12.6. The number of anilines is 1. The zero-order valence-electron chi connectivity index (χ0n) is 12.2. The highest BCUT2D eigenvalue weighted by molar-refractivity contribution is 5.92. The van der Waals surface area contributed by atoms with Crippen molar-refractivity contribution in [3.05, 3.63) is 18.1 Å². The van der Waals surface area contributed by atoms with Gasteiger partial charge >= 0.3 is 5.97 Å². The molecule has 110 valence electrons. The average molecular weight is 286 g/mol. The Bertz CT molecular complexity index is 726. The summed E-state index contributed by atoms with van der Waals surface area (Å²) in [7, 11) is 1.47. The third-order valence-corrected chi connectivity index (χ3v) is 4.95. The van der Waals surface area contributed by atoms with Crippen LogP contribution in [0.5, 0.6) is 0 Å². The van der Waals surface area contributed by atoms with E-state index in [1.807, 2.05) is 6.20 Å². The number of carbonyl (C=O) groups excluding carboxylic acids is 1. The molecule has 21 heavy (non-hydrogen) atoms. The number of aromatic amines is 1. The van der Waals surface area contributed by atoms with Crippen molar-refractivity contribution in [2.75, 3.05) is 25.1 Å². The largest absolute Gasteiger partial charge is 0.469 e. The smallest absolute Gasteiger partial charge is 0.313 e. The van der Waals surface area contributed by atoms with Gasteiger partial charge in [0.1, 0.15) is 17.8 Å². The monoisotopic (exact) mass is 286 g/mol. The Morgan fingerprint density at radius 3 is 3.19 bits per heavy atom. The summed E-state index contributed by atoms with van der Waals surface area (Å²) in [5.74, 6) is 1.26. The summed E-state index contributed by atoms with van der Waals surface area (Å²) in [4.78, 5) is 26.2. The van der Waals surface area contributed by atoms with Crippen molar-refractivity contribution in [2.24, 2.45) is 11.3 Å². The summed E-state index contributed by atoms with van der Waals surface area (Å²) in [5.41, 5.74) is 1.78. The van der Waals surface area contributed by atoms with Gasteiger partial charge in [-0.1, -0.05) is 6.92 Å². The Hall–Kier alpha value is -2.11. The van der Waals surface area contributed by atoms with Gasteiger partial charge < -0.3 is 14.6 Å². The molecule has 3 heterocycles. The zero-order chi connectivity index (χ0) is 14.6. The molecule has 0 spiro atoms. The van der Waals surface area contributed by atoms with Gasteiger partial charge in [-0.2, -0.15) is 0 Å². The SMILES string of the molecule is CCc1c[nH]c2ncnc(N3CC4CC4(C(=O)OC)C3)c12. The molecule has 0 amide bonds. The number of nitrogens with zero attached hydrogens (tertiary/aromatic N) is 3. The highest BCUT2D eigenvalue weighted by Gasteiger charge is 2.66. The number of carbonyl (C=O) groups is 1. The second kappa shape index (κ2) is 4.19. The lowest BCUT2D eigenvalue weighted by atomic mass is 10.1. The third kappa shape index (κ3) is 1.61. The molecule has 1 N–H and O–H groups in total. The Morgan fingerprint density at radius 1 is 1.57 bits per heavy atom. The van der Waals surface area contributed by atoms with E-state index in [-0.39, 0.29) is 11.4 Å². The second-order valence-electron chi connectivity index (χ2n) is 6.02. The van der Waals surface area contributed by atoms with Crippen molar-refractivity contribution in [1.29, 1.82) is 0 Å². The lowest BCUT2D eigenvalue weighted by Crippen LogP contribution is -2.30. The van der Waals surface area contributed by atoms with Gasteiger partial charge in [0.05, 0.1) is 17.9 Å². The van der Waals surface area contributed by atoms with Crippen LogP contribution in [0.3, 0.4) is 0 Å². The minimum atomic E-state index is -0.297. The summed E-state index contributed by atoms with van der Waals surface area (Å²) in [6.45, 7) is 3.69. The molecular weight excluding hydrogens is 268 g/mol. The molecule has 6 heteroatoms. The third-order valence-electron chi connectivity index (χ3n) is 4.95. The van der Waals surface area contributed by atoms with E-state index < -0.39 is 0 Å². The van der Waals surface area contributed by atoms with Crippen LogP contribution in [-0.4, -0.2) is 41.1 Å². The molecule has 0 aromatic carbocycles. The van der Waals surface area contributed by atoms with Crippen molar-refractivity contribution < 1.29 is 9.53 Å². The molecule has 2 atom stereocenters. The van der Waals surface area contributed by atoms with Gasteiger partial charge in [0, 0.05) is 19.3 Å². The number of nitrogens with one attached hydrogen (secondary N) is 1. The van der Waals surface area contributed by atoms with E-state index in [1.165, 1.54) is 12.7 Å². The number of aryl methyl sites for hydroxylation is 1. The van der Waals surface area contributed by atoms with Gasteiger partial charge in [0.15, 0.2) is 0 Å². The lowest BCUT2D eigenvalue weighted by molar-refractivity contribution is -0.146. The molecule has 1 aliphatic carbocycles. The summed E-state index contributed by atoms with van der Waals surface area (Å²) >= 11 is 0. The molecular formula is C15H18N4O2. The fourth-order valence-corrected chi connectivity index (χ4v) is 3.69. The number of hydrogen-bond acceptors (Lipinski definition) is 5. The van der Waals surface area contributed by atoms with Gasteiger partial charge in [0.2, 0.25) is 0 Å². The maximum Gasteiger partial charge on any atom is 0.313 e. The number of piperidine rings is 1. The lowest BCUT2D eigenvalue weighted by Gasteiger charge is -2.22. The molecule has 6 nitrogen and oxygen atoms in total. The number of fused-ring (bicyclic) bond motifs is 2. The molecule has 0 radical (unpaired) electrons. The molecule has 1 saturated carbocycles. The highest BCUT2D eigenvalue weighted by Crippen LogP contribution is 2.59. The first-order chi connectivity index (χ1) is 10.2. The summed E-state index contributed by atoms with van der Waals surface area (Å²) in [6.07, 6.45) is 5.45. The molecule has 4 rings (SSSR count). The van der Waals surface area contributed by atoms with Crippen LogP contribution in [0, 0.1) is 11.3 Å². The Labute approximate surface area is 122 Å². The van der Waals surface area contributed by atoms with Crippen LogP contribution >= 0.6 is 0 Å². The minimum Gasteiger partial charge on any atom is -0.469 e. The number of ether oxygens (including phenoxy) is 1. The van der Waals surface area contributed by atoms with Crippen molar-refractivity contribution >= 4 is 22.8 Å². The van der Waals surface area contributed by atoms with Crippen LogP contribution in [0.2, 0.25) is 0 Å². The number of aromatic nitrogens is 3. The fourth-order valence-electron chi connectivity index (χ4n) is 3.69. The van der Waals surface area contributed by atoms with Gasteiger partial charge in [0.25, 0.3) is 0 Å². The van der Waals surface area contributed by atoms with Gasteiger partial charge in [-0.15, -0.1) is 0 Å². The van der Waals surface area contributed by atoms with Gasteiger partial charge in [-0.3, -0.25) is 4.79 Å².